The molecular formula is C20H17N3Na2O11S3. The summed E-state index contributed by atoms with van der Waals surface area (Å²) >= 11 is 0. The largest absolute Gasteiger partial charge is 1.00 e. The molecule has 0 aliphatic heterocycles. The predicted molar refractivity (Wildman–Crippen MR) is 127 cm³/mol. The van der Waals surface area contributed by atoms with Crippen LogP contribution in [0.15, 0.2) is 73.5 Å². The number of nitrogens with zero attached hydrogens (tertiary/aromatic N) is 3. The van der Waals surface area contributed by atoms with E-state index in [9.17, 15) is 39.5 Å². The Bertz CT molecular complexity index is 1730. The molecular weight excluding hydrogens is 600 g/mol. The van der Waals surface area contributed by atoms with Crippen LogP contribution in [0.3, 0.4) is 0 Å². The minimum Gasteiger partial charge on any atom is -0.744 e. The molecule has 0 aliphatic carbocycles. The van der Waals surface area contributed by atoms with Crippen molar-refractivity contribution in [3.05, 3.63) is 48.5 Å². The number of sulfone groups is 1. The Morgan fingerprint density at radius 2 is 1.62 bits per heavy atom. The summed E-state index contributed by atoms with van der Waals surface area (Å²) in [5.41, 5.74) is -0.442. The molecule has 0 aromatic heterocycles. The number of methoxy groups -OCH3 is 1. The number of hydrogen-bond donors (Lipinski definition) is 1. The summed E-state index contributed by atoms with van der Waals surface area (Å²) in [5, 5.41) is 18.4. The summed E-state index contributed by atoms with van der Waals surface area (Å²) in [7, 11) is -13.0. The summed E-state index contributed by atoms with van der Waals surface area (Å²) in [5.74, 6) is -1.51. The Labute approximate surface area is 268 Å². The second-order valence-electron chi connectivity index (χ2n) is 7.15. The Morgan fingerprint density at radius 3 is 2.23 bits per heavy atom. The number of azo groups is 1. The number of phenolic OH excluding ortho intramolecular Hbond substituents is 1. The van der Waals surface area contributed by atoms with Gasteiger partial charge in [-0.2, -0.15) is 5.11 Å². The van der Waals surface area contributed by atoms with E-state index in [1.165, 1.54) is 37.4 Å². The summed E-state index contributed by atoms with van der Waals surface area (Å²) < 4.78 is 101. The molecule has 19 heteroatoms. The molecule has 39 heavy (non-hydrogen) atoms. The van der Waals surface area contributed by atoms with Gasteiger partial charge in [0.2, 0.25) is 10.4 Å². The van der Waals surface area contributed by atoms with Crippen LogP contribution in [0.2, 0.25) is 0 Å². The SMILES string of the molecule is COC=Nc1ccc2c(O)c(N=Nc3cccc(S(=O)(=O)CCOS(=O)(=O)[O-])c3)c(S(=O)(=O)[O-])cc2c1.[Na+].[Na+]. The van der Waals surface area contributed by atoms with Crippen LogP contribution < -0.4 is 59.1 Å². The molecule has 0 spiro atoms. The van der Waals surface area contributed by atoms with Gasteiger partial charge in [0.05, 0.1) is 40.6 Å². The zero-order valence-electron chi connectivity index (χ0n) is 20.7. The van der Waals surface area contributed by atoms with Gasteiger partial charge in [-0.3, -0.25) is 4.18 Å². The van der Waals surface area contributed by atoms with E-state index < -0.39 is 59.0 Å². The van der Waals surface area contributed by atoms with Crippen molar-refractivity contribution in [2.75, 3.05) is 19.5 Å². The number of aromatic hydroxyl groups is 1. The number of aliphatic imine (C=N–C) groups is 1. The zero-order valence-corrected chi connectivity index (χ0v) is 27.2. The first-order chi connectivity index (χ1) is 17.2. The van der Waals surface area contributed by atoms with Crippen LogP contribution in [-0.4, -0.2) is 65.3 Å². The fourth-order valence-corrected chi connectivity index (χ4v) is 5.19. The van der Waals surface area contributed by atoms with Crippen molar-refractivity contribution in [2.24, 2.45) is 15.2 Å². The Hall–Kier alpha value is -1.48. The summed E-state index contributed by atoms with van der Waals surface area (Å²) in [6, 6.07) is 10.0. The van der Waals surface area contributed by atoms with Gasteiger partial charge in [-0.25, -0.2) is 30.2 Å². The van der Waals surface area contributed by atoms with Crippen LogP contribution >= 0.6 is 0 Å². The quantitative estimate of drug-likeness (QED) is 0.0585. The Kier molecular flexibility index (Phi) is 13.1. The Morgan fingerprint density at radius 1 is 0.923 bits per heavy atom. The minimum absolute atomic E-state index is 0. The number of rotatable bonds is 10. The van der Waals surface area contributed by atoms with Crippen molar-refractivity contribution in [1.82, 2.24) is 0 Å². The third kappa shape index (κ3) is 9.83. The van der Waals surface area contributed by atoms with E-state index in [1.807, 2.05) is 0 Å². The molecule has 0 saturated heterocycles. The number of fused-ring (bicyclic) bond motifs is 1. The topological polar surface area (TPSA) is 224 Å². The molecule has 1 N–H and O–H groups in total. The maximum atomic E-state index is 12.4. The van der Waals surface area contributed by atoms with E-state index in [1.54, 1.807) is 0 Å². The maximum Gasteiger partial charge on any atom is 1.00 e. The van der Waals surface area contributed by atoms with E-state index in [-0.39, 0.29) is 80.5 Å². The first kappa shape index (κ1) is 35.5. The van der Waals surface area contributed by atoms with Gasteiger partial charge in [-0.1, -0.05) is 6.07 Å². The molecule has 0 unspecified atom stereocenters. The zero-order chi connectivity index (χ0) is 27.4. The first-order valence-corrected chi connectivity index (χ1v) is 14.3. The summed E-state index contributed by atoms with van der Waals surface area (Å²) in [6.07, 6.45) is 1.13. The van der Waals surface area contributed by atoms with E-state index >= 15 is 0 Å². The predicted octanol–water partition coefficient (Wildman–Crippen LogP) is -3.57. The average Bonchev–Trinajstić information content (AvgIpc) is 2.80. The summed E-state index contributed by atoms with van der Waals surface area (Å²) in [4.78, 5) is 2.74. The first-order valence-electron chi connectivity index (χ1n) is 9.87. The third-order valence-corrected chi connectivity index (χ3v) is 7.61. The third-order valence-electron chi connectivity index (χ3n) is 4.63. The monoisotopic (exact) mass is 617 g/mol. The molecule has 3 aromatic carbocycles. The van der Waals surface area contributed by atoms with Gasteiger partial charge < -0.3 is 18.9 Å². The van der Waals surface area contributed by atoms with Crippen molar-refractivity contribution in [1.29, 1.82) is 0 Å². The molecule has 3 rings (SSSR count). The number of phenols is 1. The standard InChI is InChI=1S/C20H19N3O11S3.2Na/c1-33-12-21-14-5-6-17-13(9-14)10-18(36(27,28)29)19(20(17)24)23-22-15-3-2-4-16(11-15)35(25,26)8-7-34-37(30,31)32;;/h2-6,9-12,24H,7-8H2,1H3,(H,27,28,29)(H,30,31,32);;/q;2*+1/p-2. The van der Waals surface area contributed by atoms with Gasteiger partial charge in [0.15, 0.2) is 22.0 Å². The van der Waals surface area contributed by atoms with Crippen LogP contribution in [0.4, 0.5) is 17.1 Å². The molecule has 0 saturated carbocycles. The number of benzene rings is 3. The minimum atomic E-state index is -5.15. The van der Waals surface area contributed by atoms with Crippen LogP contribution in [-0.2, 0) is 39.3 Å². The van der Waals surface area contributed by atoms with Crippen LogP contribution in [0.5, 0.6) is 5.75 Å². The molecule has 0 heterocycles. The smallest absolute Gasteiger partial charge is 0.744 e. The van der Waals surface area contributed by atoms with Gasteiger partial charge in [0.25, 0.3) is 0 Å². The van der Waals surface area contributed by atoms with Gasteiger partial charge in [-0.15, -0.1) is 5.11 Å². The second kappa shape index (κ2) is 14.4. The molecule has 3 aromatic rings. The van der Waals surface area contributed by atoms with E-state index in [0.29, 0.717) is 5.69 Å². The van der Waals surface area contributed by atoms with Crippen LogP contribution in [0, 0.1) is 0 Å². The van der Waals surface area contributed by atoms with E-state index in [0.717, 1.165) is 24.6 Å². The van der Waals surface area contributed by atoms with Crippen molar-refractivity contribution in [3.8, 4) is 5.75 Å². The van der Waals surface area contributed by atoms with Crippen molar-refractivity contribution in [3.63, 3.8) is 0 Å². The van der Waals surface area contributed by atoms with Gasteiger partial charge in [0.1, 0.15) is 15.8 Å². The molecule has 198 valence electrons. The fourth-order valence-electron chi connectivity index (χ4n) is 3.03. The van der Waals surface area contributed by atoms with Crippen LogP contribution in [0.25, 0.3) is 10.8 Å². The van der Waals surface area contributed by atoms with Gasteiger partial charge >= 0.3 is 59.1 Å². The molecule has 0 radical (unpaired) electrons. The Balaban J connectivity index is 0.00000380. The molecule has 0 amide bonds. The molecule has 0 fully saturated rings. The molecule has 14 nitrogen and oxygen atoms in total. The molecule has 0 bridgehead atoms. The van der Waals surface area contributed by atoms with E-state index in [4.69, 9.17) is 4.74 Å². The summed E-state index contributed by atoms with van der Waals surface area (Å²) in [6.45, 7) is -0.909. The number of ether oxygens (including phenoxy) is 1. The maximum absolute atomic E-state index is 12.4. The van der Waals surface area contributed by atoms with Crippen LogP contribution in [0.1, 0.15) is 0 Å². The fraction of sp³-hybridized carbons (Fsp3) is 0.150. The van der Waals surface area contributed by atoms with Crippen molar-refractivity contribution < 1.29 is 107 Å². The van der Waals surface area contributed by atoms with Crippen molar-refractivity contribution >= 4 is 64.6 Å². The van der Waals surface area contributed by atoms with Gasteiger partial charge in [-0.05, 0) is 47.9 Å². The molecule has 0 aliphatic rings. The normalized spacial score (nSPS) is 12.4. The number of hydrogen-bond acceptors (Lipinski definition) is 14. The molecule has 0 atom stereocenters. The van der Waals surface area contributed by atoms with Gasteiger partial charge in [0, 0.05) is 5.39 Å². The second-order valence-corrected chi connectivity index (χ2v) is 11.7. The van der Waals surface area contributed by atoms with E-state index in [2.05, 4.69) is 19.4 Å². The van der Waals surface area contributed by atoms with Crippen molar-refractivity contribution in [2.45, 2.75) is 9.79 Å². The average molecular weight is 618 g/mol.